The Morgan fingerprint density at radius 3 is 2.68 bits per heavy atom. The van der Waals surface area contributed by atoms with Crippen molar-refractivity contribution in [2.24, 2.45) is 0 Å². The molecule has 2 N–H and O–H groups in total. The van der Waals surface area contributed by atoms with Crippen molar-refractivity contribution >= 4 is 22.4 Å². The molecular weight excluding hydrogens is 314 g/mol. The third-order valence-electron chi connectivity index (χ3n) is 4.04. The fraction of sp³-hybridized carbons (Fsp3) is 0.190. The Labute approximate surface area is 147 Å². The van der Waals surface area contributed by atoms with E-state index in [1.54, 1.807) is 19.1 Å². The molecule has 128 valence electrons. The summed E-state index contributed by atoms with van der Waals surface area (Å²) in [4.78, 5) is 13.0. The van der Waals surface area contributed by atoms with Gasteiger partial charge >= 0.3 is 0 Å². The maximum absolute atomic E-state index is 13.0. The van der Waals surface area contributed by atoms with E-state index in [-0.39, 0.29) is 5.91 Å². The van der Waals surface area contributed by atoms with Gasteiger partial charge in [0, 0.05) is 5.69 Å². The van der Waals surface area contributed by atoms with Crippen LogP contribution in [0, 0.1) is 0 Å². The van der Waals surface area contributed by atoms with Crippen LogP contribution in [0.4, 0.5) is 5.69 Å². The van der Waals surface area contributed by atoms with Crippen molar-refractivity contribution in [1.29, 1.82) is 0 Å². The standard InChI is InChI=1S/C21H21NO3/c1-3-25-19-12-11-15-7-4-5-10-18(15)20(19)21(24)22-17-9-6-8-16(13-17)14(2)23/h4-14,23H,3H2,1-2H3,(H,22,24)/t14-/m1/s1. The number of fused-ring (bicyclic) bond motifs is 1. The molecule has 0 unspecified atom stereocenters. The van der Waals surface area contributed by atoms with Gasteiger partial charge in [-0.3, -0.25) is 4.79 Å². The summed E-state index contributed by atoms with van der Waals surface area (Å²) in [5, 5.41) is 14.5. The Kier molecular flexibility index (Phi) is 5.00. The van der Waals surface area contributed by atoms with Gasteiger partial charge in [-0.1, -0.05) is 42.5 Å². The zero-order chi connectivity index (χ0) is 17.8. The van der Waals surface area contributed by atoms with E-state index in [1.807, 2.05) is 55.5 Å². The molecule has 3 aromatic rings. The number of carbonyl (C=O) groups is 1. The Morgan fingerprint density at radius 2 is 1.92 bits per heavy atom. The molecule has 25 heavy (non-hydrogen) atoms. The lowest BCUT2D eigenvalue weighted by Crippen LogP contribution is -2.14. The second-order valence-electron chi connectivity index (χ2n) is 5.85. The van der Waals surface area contributed by atoms with Crippen LogP contribution in [0.3, 0.4) is 0 Å². The summed E-state index contributed by atoms with van der Waals surface area (Å²) in [5.41, 5.74) is 1.90. The van der Waals surface area contributed by atoms with E-state index in [9.17, 15) is 9.90 Å². The van der Waals surface area contributed by atoms with Crippen molar-refractivity contribution in [1.82, 2.24) is 0 Å². The third kappa shape index (κ3) is 3.64. The van der Waals surface area contributed by atoms with Gasteiger partial charge in [0.25, 0.3) is 5.91 Å². The number of hydrogen-bond donors (Lipinski definition) is 2. The zero-order valence-corrected chi connectivity index (χ0v) is 14.3. The lowest BCUT2D eigenvalue weighted by molar-refractivity contribution is 0.102. The van der Waals surface area contributed by atoms with Gasteiger partial charge in [-0.15, -0.1) is 0 Å². The minimum Gasteiger partial charge on any atom is -0.493 e. The van der Waals surface area contributed by atoms with Crippen LogP contribution in [0.25, 0.3) is 10.8 Å². The van der Waals surface area contributed by atoms with Crippen molar-refractivity contribution in [3.63, 3.8) is 0 Å². The molecule has 0 saturated carbocycles. The zero-order valence-electron chi connectivity index (χ0n) is 14.3. The molecule has 0 spiro atoms. The second kappa shape index (κ2) is 7.36. The van der Waals surface area contributed by atoms with E-state index in [1.165, 1.54) is 0 Å². The van der Waals surface area contributed by atoms with E-state index in [2.05, 4.69) is 5.32 Å². The van der Waals surface area contributed by atoms with Crippen LogP contribution in [-0.2, 0) is 0 Å². The molecule has 0 aliphatic carbocycles. The maximum Gasteiger partial charge on any atom is 0.260 e. The summed E-state index contributed by atoms with van der Waals surface area (Å²) >= 11 is 0. The number of benzene rings is 3. The molecule has 0 fully saturated rings. The van der Waals surface area contributed by atoms with Gasteiger partial charge in [-0.05, 0) is 48.4 Å². The number of amides is 1. The van der Waals surface area contributed by atoms with Gasteiger partial charge in [0.05, 0.1) is 18.3 Å². The summed E-state index contributed by atoms with van der Waals surface area (Å²) in [6, 6.07) is 18.7. The molecule has 0 aliphatic rings. The van der Waals surface area contributed by atoms with E-state index in [0.717, 1.165) is 16.3 Å². The highest BCUT2D eigenvalue weighted by molar-refractivity contribution is 6.15. The lowest BCUT2D eigenvalue weighted by atomic mass is 10.0. The summed E-state index contributed by atoms with van der Waals surface area (Å²) in [6.45, 7) is 4.07. The van der Waals surface area contributed by atoms with E-state index >= 15 is 0 Å². The van der Waals surface area contributed by atoms with Gasteiger partial charge in [0.1, 0.15) is 5.75 Å². The van der Waals surface area contributed by atoms with Crippen molar-refractivity contribution in [3.05, 3.63) is 71.8 Å². The van der Waals surface area contributed by atoms with Crippen molar-refractivity contribution in [2.45, 2.75) is 20.0 Å². The monoisotopic (exact) mass is 335 g/mol. The molecule has 0 saturated heterocycles. The number of anilines is 1. The van der Waals surface area contributed by atoms with Crippen molar-refractivity contribution in [2.75, 3.05) is 11.9 Å². The number of aliphatic hydroxyl groups is 1. The molecule has 1 atom stereocenters. The van der Waals surface area contributed by atoms with E-state index < -0.39 is 6.10 Å². The first-order chi connectivity index (χ1) is 12.1. The van der Waals surface area contributed by atoms with E-state index in [0.29, 0.717) is 23.6 Å². The summed E-state index contributed by atoms with van der Waals surface area (Å²) in [7, 11) is 0. The van der Waals surface area contributed by atoms with Crippen LogP contribution in [0.1, 0.15) is 35.9 Å². The Morgan fingerprint density at radius 1 is 1.12 bits per heavy atom. The predicted molar refractivity (Wildman–Crippen MR) is 100 cm³/mol. The molecule has 4 heteroatoms. The van der Waals surface area contributed by atoms with Crippen LogP contribution in [0.5, 0.6) is 5.75 Å². The quantitative estimate of drug-likeness (QED) is 0.719. The normalized spacial score (nSPS) is 12.0. The lowest BCUT2D eigenvalue weighted by Gasteiger charge is -2.14. The second-order valence-corrected chi connectivity index (χ2v) is 5.85. The molecule has 4 nitrogen and oxygen atoms in total. The predicted octanol–water partition coefficient (Wildman–Crippen LogP) is 4.54. The molecular formula is C21H21NO3. The first-order valence-electron chi connectivity index (χ1n) is 8.34. The van der Waals surface area contributed by atoms with Crippen LogP contribution < -0.4 is 10.1 Å². The molecule has 3 aromatic carbocycles. The van der Waals surface area contributed by atoms with Crippen LogP contribution in [0.2, 0.25) is 0 Å². The number of ether oxygens (including phenoxy) is 1. The van der Waals surface area contributed by atoms with Gasteiger partial charge in [0.2, 0.25) is 0 Å². The average molecular weight is 335 g/mol. The summed E-state index contributed by atoms with van der Waals surface area (Å²) in [5.74, 6) is 0.327. The van der Waals surface area contributed by atoms with Gasteiger partial charge in [-0.25, -0.2) is 0 Å². The van der Waals surface area contributed by atoms with Crippen molar-refractivity contribution in [3.8, 4) is 5.75 Å². The minimum absolute atomic E-state index is 0.233. The number of rotatable bonds is 5. The summed E-state index contributed by atoms with van der Waals surface area (Å²) in [6.07, 6.45) is -0.589. The van der Waals surface area contributed by atoms with E-state index in [4.69, 9.17) is 4.74 Å². The molecule has 1 amide bonds. The first kappa shape index (κ1) is 17.0. The first-order valence-corrected chi connectivity index (χ1v) is 8.34. The van der Waals surface area contributed by atoms with Gasteiger partial charge in [0.15, 0.2) is 0 Å². The highest BCUT2D eigenvalue weighted by Gasteiger charge is 2.17. The smallest absolute Gasteiger partial charge is 0.260 e. The fourth-order valence-electron chi connectivity index (χ4n) is 2.83. The largest absolute Gasteiger partial charge is 0.493 e. The fourth-order valence-corrected chi connectivity index (χ4v) is 2.83. The SMILES string of the molecule is CCOc1ccc2ccccc2c1C(=O)Nc1cccc([C@@H](C)O)c1. The van der Waals surface area contributed by atoms with Crippen LogP contribution in [0.15, 0.2) is 60.7 Å². The highest BCUT2D eigenvalue weighted by atomic mass is 16.5. The molecule has 0 radical (unpaired) electrons. The molecule has 3 rings (SSSR count). The minimum atomic E-state index is -0.589. The number of hydrogen-bond acceptors (Lipinski definition) is 3. The molecule has 0 aromatic heterocycles. The van der Waals surface area contributed by atoms with Crippen molar-refractivity contribution < 1.29 is 14.6 Å². The summed E-state index contributed by atoms with van der Waals surface area (Å²) < 4.78 is 5.67. The Bertz CT molecular complexity index is 903. The number of nitrogens with one attached hydrogen (secondary N) is 1. The molecule has 0 aliphatic heterocycles. The van der Waals surface area contributed by atoms with Crippen LogP contribution >= 0.6 is 0 Å². The molecule has 0 bridgehead atoms. The van der Waals surface area contributed by atoms with Crippen LogP contribution in [-0.4, -0.2) is 17.6 Å². The molecule has 0 heterocycles. The van der Waals surface area contributed by atoms with Gasteiger partial charge < -0.3 is 15.2 Å². The maximum atomic E-state index is 13.0. The number of aliphatic hydroxyl groups excluding tert-OH is 1. The third-order valence-corrected chi connectivity index (χ3v) is 4.04. The highest BCUT2D eigenvalue weighted by Crippen LogP contribution is 2.29. The number of carbonyl (C=O) groups excluding carboxylic acids is 1. The Balaban J connectivity index is 2.01. The average Bonchev–Trinajstić information content (AvgIpc) is 2.61. The Hall–Kier alpha value is -2.85. The van der Waals surface area contributed by atoms with Gasteiger partial charge in [-0.2, -0.15) is 0 Å². The topological polar surface area (TPSA) is 58.6 Å².